The van der Waals surface area contributed by atoms with Gasteiger partial charge in [0.2, 0.25) is 5.91 Å². The van der Waals surface area contributed by atoms with E-state index in [1.807, 2.05) is 0 Å². The zero-order chi connectivity index (χ0) is 14.4. The lowest BCUT2D eigenvalue weighted by Crippen LogP contribution is -2.34. The molecule has 3 aliphatic rings. The third kappa shape index (κ3) is 2.41. The highest BCUT2D eigenvalue weighted by Gasteiger charge is 2.59. The number of thiophene rings is 1. The first kappa shape index (κ1) is 13.7. The lowest BCUT2D eigenvalue weighted by Gasteiger charge is -2.24. The number of hydrogen-bond donors (Lipinski definition) is 1. The second-order valence-corrected chi connectivity index (χ2v) is 7.82. The highest BCUT2D eigenvalue weighted by molar-refractivity contribution is 7.12. The fourth-order valence-corrected chi connectivity index (χ4v) is 4.43. The monoisotopic (exact) mass is 306 g/mol. The second-order valence-electron chi connectivity index (χ2n) is 6.50. The standard InChI is InChI=1S/C16H22N2O2S/c1-11-4-5-13(21-11)14-17-16(7-8-16)15(19)18(14)9-6-12-3-2-10-20-12/h4-5,12,14,17H,2-3,6-10H2,1H3. The Balaban J connectivity index is 1.51. The second kappa shape index (κ2) is 5.07. The first-order chi connectivity index (χ1) is 10.2. The van der Waals surface area contributed by atoms with Gasteiger partial charge in [0.05, 0.1) is 6.10 Å². The molecule has 0 aromatic carbocycles. The molecule has 1 N–H and O–H groups in total. The molecular formula is C16H22N2O2S. The van der Waals surface area contributed by atoms with Gasteiger partial charge in [-0.25, -0.2) is 0 Å². The average Bonchev–Trinajstić information content (AvgIpc) is 2.82. The summed E-state index contributed by atoms with van der Waals surface area (Å²) in [5.74, 6) is 0.302. The molecule has 1 amide bonds. The first-order valence-corrected chi connectivity index (χ1v) is 8.76. The molecule has 2 aliphatic heterocycles. The van der Waals surface area contributed by atoms with Crippen LogP contribution in [0.3, 0.4) is 0 Å². The molecule has 0 bridgehead atoms. The number of carbonyl (C=O) groups excluding carboxylic acids is 1. The molecule has 5 heteroatoms. The summed E-state index contributed by atoms with van der Waals surface area (Å²) in [6, 6.07) is 4.30. The van der Waals surface area contributed by atoms with Crippen LogP contribution in [-0.2, 0) is 9.53 Å². The van der Waals surface area contributed by atoms with Gasteiger partial charge in [-0.1, -0.05) is 0 Å². The summed E-state index contributed by atoms with van der Waals surface area (Å²) in [6.45, 7) is 3.81. The van der Waals surface area contributed by atoms with E-state index >= 15 is 0 Å². The van der Waals surface area contributed by atoms with Crippen LogP contribution in [-0.4, -0.2) is 35.6 Å². The molecule has 1 spiro atoms. The maximum absolute atomic E-state index is 12.7. The van der Waals surface area contributed by atoms with Gasteiger partial charge in [-0.2, -0.15) is 0 Å². The van der Waals surface area contributed by atoms with Gasteiger partial charge in [0.15, 0.2) is 0 Å². The van der Waals surface area contributed by atoms with E-state index in [0.29, 0.717) is 12.0 Å². The Kier molecular flexibility index (Phi) is 3.32. The van der Waals surface area contributed by atoms with Crippen molar-refractivity contribution >= 4 is 17.2 Å². The van der Waals surface area contributed by atoms with Gasteiger partial charge in [0.25, 0.3) is 0 Å². The average molecular weight is 306 g/mol. The number of carbonyl (C=O) groups is 1. The molecule has 3 fully saturated rings. The van der Waals surface area contributed by atoms with Gasteiger partial charge in [-0.15, -0.1) is 11.3 Å². The van der Waals surface area contributed by atoms with Crippen LogP contribution in [0.5, 0.6) is 0 Å². The van der Waals surface area contributed by atoms with Crippen molar-refractivity contribution < 1.29 is 9.53 Å². The molecule has 0 radical (unpaired) electrons. The Morgan fingerprint density at radius 1 is 1.48 bits per heavy atom. The minimum absolute atomic E-state index is 0.0695. The third-order valence-electron chi connectivity index (χ3n) is 4.89. The number of aryl methyl sites for hydroxylation is 1. The van der Waals surface area contributed by atoms with Crippen LogP contribution in [0.4, 0.5) is 0 Å². The molecule has 3 heterocycles. The number of nitrogens with one attached hydrogen (secondary N) is 1. The number of hydrogen-bond acceptors (Lipinski definition) is 4. The Bertz CT molecular complexity index is 546. The van der Waals surface area contributed by atoms with Crippen LogP contribution in [0.2, 0.25) is 0 Å². The number of rotatable bonds is 4. The topological polar surface area (TPSA) is 41.6 Å². The normalized spacial score (nSPS) is 30.5. The fraction of sp³-hybridized carbons (Fsp3) is 0.688. The summed E-state index contributed by atoms with van der Waals surface area (Å²) in [5, 5.41) is 3.59. The molecule has 2 saturated heterocycles. The predicted molar refractivity (Wildman–Crippen MR) is 82.2 cm³/mol. The van der Waals surface area contributed by atoms with Crippen LogP contribution in [0.15, 0.2) is 12.1 Å². The zero-order valence-electron chi connectivity index (χ0n) is 12.4. The molecule has 2 unspecified atom stereocenters. The fourth-order valence-electron chi connectivity index (χ4n) is 3.49. The predicted octanol–water partition coefficient (Wildman–Crippen LogP) is 2.59. The maximum atomic E-state index is 12.7. The largest absolute Gasteiger partial charge is 0.378 e. The smallest absolute Gasteiger partial charge is 0.244 e. The molecule has 1 aromatic heterocycles. The number of amides is 1. The van der Waals surface area contributed by atoms with Crippen LogP contribution < -0.4 is 5.32 Å². The van der Waals surface area contributed by atoms with Crippen LogP contribution in [0, 0.1) is 6.92 Å². The lowest BCUT2D eigenvalue weighted by atomic mass is 10.1. The minimum atomic E-state index is -0.237. The molecule has 4 nitrogen and oxygen atoms in total. The molecule has 1 aliphatic carbocycles. The maximum Gasteiger partial charge on any atom is 0.244 e. The summed E-state index contributed by atoms with van der Waals surface area (Å²) < 4.78 is 5.70. The summed E-state index contributed by atoms with van der Waals surface area (Å²) >= 11 is 1.79. The van der Waals surface area contributed by atoms with Gasteiger partial charge >= 0.3 is 0 Å². The van der Waals surface area contributed by atoms with Gasteiger partial charge in [-0.3, -0.25) is 10.1 Å². The van der Waals surface area contributed by atoms with Crippen molar-refractivity contribution in [2.75, 3.05) is 13.2 Å². The summed E-state index contributed by atoms with van der Waals surface area (Å²) in [6.07, 6.45) is 5.66. The van der Waals surface area contributed by atoms with E-state index in [1.54, 1.807) is 11.3 Å². The van der Waals surface area contributed by atoms with E-state index in [4.69, 9.17) is 4.74 Å². The highest BCUT2D eigenvalue weighted by Crippen LogP contribution is 2.47. The zero-order valence-corrected chi connectivity index (χ0v) is 13.2. The Hall–Kier alpha value is -0.910. The highest BCUT2D eigenvalue weighted by atomic mass is 32.1. The summed E-state index contributed by atoms with van der Waals surface area (Å²) in [7, 11) is 0. The van der Waals surface area contributed by atoms with E-state index in [9.17, 15) is 4.79 Å². The van der Waals surface area contributed by atoms with E-state index in [1.165, 1.54) is 9.75 Å². The van der Waals surface area contributed by atoms with Gasteiger partial charge in [0, 0.05) is 22.9 Å². The van der Waals surface area contributed by atoms with Crippen molar-refractivity contribution in [3.63, 3.8) is 0 Å². The number of nitrogens with zero attached hydrogens (tertiary/aromatic N) is 1. The minimum Gasteiger partial charge on any atom is -0.378 e. The SMILES string of the molecule is Cc1ccc(C2NC3(CC3)C(=O)N2CCC2CCCO2)s1. The van der Waals surface area contributed by atoms with Crippen molar-refractivity contribution in [1.82, 2.24) is 10.2 Å². The Morgan fingerprint density at radius 2 is 2.33 bits per heavy atom. The summed E-state index contributed by atoms with van der Waals surface area (Å²) in [4.78, 5) is 17.3. The van der Waals surface area contributed by atoms with Crippen molar-refractivity contribution in [3.05, 3.63) is 21.9 Å². The molecular weight excluding hydrogens is 284 g/mol. The van der Waals surface area contributed by atoms with E-state index < -0.39 is 0 Å². The lowest BCUT2D eigenvalue weighted by molar-refractivity contribution is -0.131. The summed E-state index contributed by atoms with van der Waals surface area (Å²) in [5.41, 5.74) is -0.237. The van der Waals surface area contributed by atoms with Crippen molar-refractivity contribution in [1.29, 1.82) is 0 Å². The van der Waals surface area contributed by atoms with Gasteiger partial charge in [0.1, 0.15) is 11.7 Å². The van der Waals surface area contributed by atoms with Crippen molar-refractivity contribution in [3.8, 4) is 0 Å². The van der Waals surface area contributed by atoms with E-state index in [0.717, 1.165) is 45.3 Å². The Morgan fingerprint density at radius 3 is 2.95 bits per heavy atom. The molecule has 2 atom stereocenters. The van der Waals surface area contributed by atoms with E-state index in [-0.39, 0.29) is 11.7 Å². The van der Waals surface area contributed by atoms with Crippen molar-refractivity contribution in [2.24, 2.45) is 0 Å². The van der Waals surface area contributed by atoms with Gasteiger partial charge < -0.3 is 9.64 Å². The van der Waals surface area contributed by atoms with E-state index in [2.05, 4.69) is 29.3 Å². The van der Waals surface area contributed by atoms with Crippen LogP contribution in [0.1, 0.15) is 48.0 Å². The molecule has 4 rings (SSSR count). The first-order valence-electron chi connectivity index (χ1n) is 7.95. The third-order valence-corrected chi connectivity index (χ3v) is 5.94. The molecule has 1 aromatic rings. The number of ether oxygens (including phenoxy) is 1. The van der Waals surface area contributed by atoms with Crippen LogP contribution >= 0.6 is 11.3 Å². The Labute approximate surface area is 129 Å². The molecule has 21 heavy (non-hydrogen) atoms. The quantitative estimate of drug-likeness (QED) is 0.929. The van der Waals surface area contributed by atoms with Gasteiger partial charge in [-0.05, 0) is 51.2 Å². The molecule has 114 valence electrons. The molecule has 1 saturated carbocycles. The van der Waals surface area contributed by atoms with Crippen molar-refractivity contribution in [2.45, 2.75) is 56.8 Å². The van der Waals surface area contributed by atoms with Crippen LogP contribution in [0.25, 0.3) is 0 Å².